The van der Waals surface area contributed by atoms with Crippen molar-refractivity contribution in [3.05, 3.63) is 59.0 Å². The summed E-state index contributed by atoms with van der Waals surface area (Å²) < 4.78 is 36.0. The quantitative estimate of drug-likeness (QED) is 0.361. The average Bonchev–Trinajstić information content (AvgIpc) is 3.46. The molecule has 2 aromatic heterocycles. The predicted molar refractivity (Wildman–Crippen MR) is 119 cm³/mol. The normalized spacial score (nSPS) is 15.3. The Labute approximate surface area is 194 Å². The van der Waals surface area contributed by atoms with Gasteiger partial charge in [0.1, 0.15) is 30.5 Å². The molecule has 1 saturated heterocycles. The second-order valence-electron chi connectivity index (χ2n) is 8.22. The van der Waals surface area contributed by atoms with Gasteiger partial charge in [0.15, 0.2) is 0 Å². The largest absolute Gasteiger partial charge is 0.492 e. The van der Waals surface area contributed by atoms with Gasteiger partial charge in [-0.05, 0) is 40.1 Å². The van der Waals surface area contributed by atoms with Gasteiger partial charge in [-0.1, -0.05) is 6.07 Å². The molecule has 0 atom stereocenters. The van der Waals surface area contributed by atoms with E-state index in [4.69, 9.17) is 18.8 Å². The molecule has 1 fully saturated rings. The highest BCUT2D eigenvalue weighted by Gasteiger charge is 2.28. The van der Waals surface area contributed by atoms with Crippen molar-refractivity contribution < 1.29 is 23.2 Å². The van der Waals surface area contributed by atoms with Gasteiger partial charge in [-0.2, -0.15) is 0 Å². The van der Waals surface area contributed by atoms with Crippen LogP contribution in [0.1, 0.15) is 16.8 Å². The standard InChI is InChI=1S/C24H22FN5O4/c25-15-2-1-3-16(12-15)33-14-19-18-13-20-22(27-24-23(26-20)28-34-29-24)17(18)4-5-21(19)32-11-8-30-6-9-31-10-7-30/h1-5,12H,6-11,13-14H2. The van der Waals surface area contributed by atoms with Crippen molar-refractivity contribution in [2.75, 3.05) is 39.5 Å². The van der Waals surface area contributed by atoms with E-state index in [-0.39, 0.29) is 12.4 Å². The first kappa shape index (κ1) is 20.9. The third-order valence-electron chi connectivity index (χ3n) is 6.12. The SMILES string of the molecule is Fc1cccc(OCc2c(OCCN3CCOCC3)ccc3c2Cc2nc4nonc4nc2-3)c1. The fraction of sp³-hybridized carbons (Fsp3) is 0.333. The molecule has 0 bridgehead atoms. The lowest BCUT2D eigenvalue weighted by molar-refractivity contribution is 0.0321. The van der Waals surface area contributed by atoms with E-state index in [1.807, 2.05) is 12.1 Å². The molecule has 0 N–H and O–H groups in total. The molecule has 6 rings (SSSR count). The van der Waals surface area contributed by atoms with Crippen molar-refractivity contribution >= 4 is 11.3 Å². The van der Waals surface area contributed by atoms with Crippen LogP contribution in [-0.4, -0.2) is 64.6 Å². The van der Waals surface area contributed by atoms with Crippen LogP contribution in [0.5, 0.6) is 11.5 Å². The number of aromatic nitrogens is 4. The summed E-state index contributed by atoms with van der Waals surface area (Å²) in [7, 11) is 0. The topological polar surface area (TPSA) is 95.6 Å². The van der Waals surface area contributed by atoms with Gasteiger partial charge in [0, 0.05) is 43.2 Å². The van der Waals surface area contributed by atoms with E-state index >= 15 is 0 Å². The van der Waals surface area contributed by atoms with E-state index in [2.05, 4.69) is 25.2 Å². The molecule has 2 aliphatic rings. The Morgan fingerprint density at radius 1 is 1.00 bits per heavy atom. The maximum absolute atomic E-state index is 13.7. The molecule has 2 aromatic carbocycles. The second-order valence-corrected chi connectivity index (χ2v) is 8.22. The molecule has 34 heavy (non-hydrogen) atoms. The molecule has 174 valence electrons. The fourth-order valence-electron chi connectivity index (χ4n) is 4.39. The van der Waals surface area contributed by atoms with Gasteiger partial charge in [0.2, 0.25) is 11.3 Å². The smallest absolute Gasteiger partial charge is 0.243 e. The minimum Gasteiger partial charge on any atom is -0.492 e. The molecule has 0 amide bonds. The highest BCUT2D eigenvalue weighted by molar-refractivity contribution is 5.79. The van der Waals surface area contributed by atoms with Crippen LogP contribution >= 0.6 is 0 Å². The van der Waals surface area contributed by atoms with Crippen LogP contribution in [0, 0.1) is 5.82 Å². The van der Waals surface area contributed by atoms with Gasteiger partial charge in [-0.25, -0.2) is 19.0 Å². The first-order chi connectivity index (χ1) is 16.7. The van der Waals surface area contributed by atoms with Crippen LogP contribution in [0.3, 0.4) is 0 Å². The lowest BCUT2D eigenvalue weighted by Gasteiger charge is -2.26. The molecule has 0 spiro atoms. The molecule has 4 aromatic rings. The number of hydrogen-bond donors (Lipinski definition) is 0. The summed E-state index contributed by atoms with van der Waals surface area (Å²) in [6.07, 6.45) is 0.559. The van der Waals surface area contributed by atoms with Crippen LogP contribution in [0.2, 0.25) is 0 Å². The van der Waals surface area contributed by atoms with E-state index < -0.39 is 0 Å². The van der Waals surface area contributed by atoms with E-state index in [1.165, 1.54) is 12.1 Å². The molecule has 1 aliphatic carbocycles. The zero-order valence-corrected chi connectivity index (χ0v) is 18.4. The Balaban J connectivity index is 1.29. The van der Waals surface area contributed by atoms with Gasteiger partial charge in [0.05, 0.1) is 24.6 Å². The van der Waals surface area contributed by atoms with Crippen molar-refractivity contribution in [2.45, 2.75) is 13.0 Å². The van der Waals surface area contributed by atoms with Crippen molar-refractivity contribution in [2.24, 2.45) is 0 Å². The Kier molecular flexibility index (Phi) is 5.52. The first-order valence-electron chi connectivity index (χ1n) is 11.2. The Morgan fingerprint density at radius 2 is 1.85 bits per heavy atom. The number of hydrogen-bond acceptors (Lipinski definition) is 9. The van der Waals surface area contributed by atoms with Crippen LogP contribution in [0.15, 0.2) is 41.0 Å². The Bertz CT molecular complexity index is 1340. The second kappa shape index (κ2) is 8.96. The number of ether oxygens (including phenoxy) is 3. The molecule has 9 nitrogen and oxygen atoms in total. The van der Waals surface area contributed by atoms with E-state index in [9.17, 15) is 4.39 Å². The maximum Gasteiger partial charge on any atom is 0.243 e. The lowest BCUT2D eigenvalue weighted by Crippen LogP contribution is -2.38. The van der Waals surface area contributed by atoms with Crippen molar-refractivity contribution in [3.63, 3.8) is 0 Å². The monoisotopic (exact) mass is 463 g/mol. The number of rotatable bonds is 7. The van der Waals surface area contributed by atoms with E-state index in [0.717, 1.165) is 66.7 Å². The molecular formula is C24H22FN5O4. The van der Waals surface area contributed by atoms with Crippen LogP contribution < -0.4 is 9.47 Å². The number of halogens is 1. The van der Waals surface area contributed by atoms with Gasteiger partial charge in [-0.15, -0.1) is 0 Å². The highest BCUT2D eigenvalue weighted by Crippen LogP contribution is 2.40. The molecule has 10 heteroatoms. The zero-order chi connectivity index (χ0) is 22.9. The third kappa shape index (κ3) is 4.06. The van der Waals surface area contributed by atoms with Crippen LogP contribution in [0.25, 0.3) is 22.6 Å². The summed E-state index contributed by atoms with van der Waals surface area (Å²) in [5.74, 6) is 0.849. The summed E-state index contributed by atoms with van der Waals surface area (Å²) >= 11 is 0. The number of fused-ring (bicyclic) bond motifs is 4. The van der Waals surface area contributed by atoms with Crippen LogP contribution in [-0.2, 0) is 17.8 Å². The van der Waals surface area contributed by atoms with Crippen molar-refractivity contribution in [3.8, 4) is 22.8 Å². The fourth-order valence-corrected chi connectivity index (χ4v) is 4.39. The Morgan fingerprint density at radius 3 is 2.71 bits per heavy atom. The number of nitrogens with zero attached hydrogens (tertiary/aromatic N) is 5. The van der Waals surface area contributed by atoms with Crippen molar-refractivity contribution in [1.29, 1.82) is 0 Å². The average molecular weight is 463 g/mol. The van der Waals surface area contributed by atoms with E-state index in [0.29, 0.717) is 30.1 Å². The molecule has 1 aliphatic heterocycles. The third-order valence-corrected chi connectivity index (χ3v) is 6.12. The van der Waals surface area contributed by atoms with Crippen LogP contribution in [0.4, 0.5) is 4.39 Å². The summed E-state index contributed by atoms with van der Waals surface area (Å²) in [6, 6.07) is 10.0. The van der Waals surface area contributed by atoms with Gasteiger partial charge >= 0.3 is 0 Å². The highest BCUT2D eigenvalue weighted by atomic mass is 19.1. The summed E-state index contributed by atoms with van der Waals surface area (Å²) in [5.41, 5.74) is 5.18. The molecule has 0 unspecified atom stereocenters. The summed E-state index contributed by atoms with van der Waals surface area (Å²) in [5, 5.41) is 7.63. The summed E-state index contributed by atoms with van der Waals surface area (Å²) in [6.45, 7) is 4.88. The first-order valence-corrected chi connectivity index (χ1v) is 11.2. The lowest BCUT2D eigenvalue weighted by atomic mass is 10.0. The summed E-state index contributed by atoms with van der Waals surface area (Å²) in [4.78, 5) is 11.5. The van der Waals surface area contributed by atoms with Crippen molar-refractivity contribution in [1.82, 2.24) is 25.2 Å². The molecule has 0 saturated carbocycles. The minimum atomic E-state index is -0.345. The molecule has 0 radical (unpaired) electrons. The molecular weight excluding hydrogens is 441 g/mol. The maximum atomic E-state index is 13.7. The number of benzene rings is 2. The van der Waals surface area contributed by atoms with Gasteiger partial charge in [0.25, 0.3) is 0 Å². The van der Waals surface area contributed by atoms with E-state index in [1.54, 1.807) is 12.1 Å². The predicted octanol–water partition coefficient (Wildman–Crippen LogP) is 3.01. The van der Waals surface area contributed by atoms with Gasteiger partial charge < -0.3 is 14.2 Å². The molecule has 3 heterocycles. The van der Waals surface area contributed by atoms with Gasteiger partial charge in [-0.3, -0.25) is 4.90 Å². The number of morpholine rings is 1. The minimum absolute atomic E-state index is 0.227. The Hall–Kier alpha value is -3.63. The zero-order valence-electron chi connectivity index (χ0n) is 18.4.